The normalized spacial score (nSPS) is 19.0. The van der Waals surface area contributed by atoms with Gasteiger partial charge in [-0.3, -0.25) is 9.59 Å². The fourth-order valence-electron chi connectivity index (χ4n) is 2.90. The monoisotopic (exact) mass is 336 g/mol. The van der Waals surface area contributed by atoms with Crippen LogP contribution in [0.3, 0.4) is 0 Å². The van der Waals surface area contributed by atoms with E-state index in [0.29, 0.717) is 40.3 Å². The number of hydrogen-bond acceptors (Lipinski definition) is 3. The Labute approximate surface area is 138 Å². The Bertz CT molecular complexity index is 706. The second-order valence-electron chi connectivity index (χ2n) is 5.34. The summed E-state index contributed by atoms with van der Waals surface area (Å²) in [6.07, 6.45) is 4.73. The Hall–Kier alpha value is -1.78. The molecule has 1 heterocycles. The van der Waals surface area contributed by atoms with E-state index in [4.69, 9.17) is 28.9 Å². The van der Waals surface area contributed by atoms with Gasteiger partial charge in [-0.2, -0.15) is 0 Å². The number of halogens is 2. The van der Waals surface area contributed by atoms with Crippen molar-refractivity contribution >= 4 is 46.8 Å². The van der Waals surface area contributed by atoms with Crippen molar-refractivity contribution in [3.8, 4) is 0 Å². The SMILES string of the molecule is N/C(Cl)=C/c1cc(N2C(=O)C3=C(CCCC3)C2=O)ccc1Cl. The van der Waals surface area contributed by atoms with E-state index in [-0.39, 0.29) is 17.0 Å². The lowest BCUT2D eigenvalue weighted by Gasteiger charge is -2.16. The van der Waals surface area contributed by atoms with Crippen LogP contribution in [0.1, 0.15) is 31.2 Å². The average Bonchev–Trinajstić information content (AvgIpc) is 2.74. The molecule has 2 amide bonds. The minimum Gasteiger partial charge on any atom is -0.389 e. The van der Waals surface area contributed by atoms with Crippen LogP contribution in [0.2, 0.25) is 5.02 Å². The van der Waals surface area contributed by atoms with Gasteiger partial charge >= 0.3 is 0 Å². The highest BCUT2D eigenvalue weighted by atomic mass is 35.5. The molecule has 0 spiro atoms. The average molecular weight is 337 g/mol. The molecule has 0 saturated carbocycles. The summed E-state index contributed by atoms with van der Waals surface area (Å²) in [6.45, 7) is 0. The molecule has 2 N–H and O–H groups in total. The number of amides is 2. The lowest BCUT2D eigenvalue weighted by Crippen LogP contribution is -2.31. The number of rotatable bonds is 2. The van der Waals surface area contributed by atoms with Crippen molar-refractivity contribution in [1.29, 1.82) is 0 Å². The van der Waals surface area contributed by atoms with E-state index in [1.807, 2.05) is 0 Å². The number of nitrogens with zero attached hydrogens (tertiary/aromatic N) is 1. The van der Waals surface area contributed by atoms with Gasteiger partial charge in [-0.25, -0.2) is 4.90 Å². The smallest absolute Gasteiger partial charge is 0.261 e. The summed E-state index contributed by atoms with van der Waals surface area (Å²) < 4.78 is 0. The third kappa shape index (κ3) is 2.53. The molecule has 1 aromatic rings. The van der Waals surface area contributed by atoms with E-state index in [9.17, 15) is 9.59 Å². The maximum Gasteiger partial charge on any atom is 0.261 e. The fourth-order valence-corrected chi connectivity index (χ4v) is 3.19. The quantitative estimate of drug-likeness (QED) is 0.663. The Balaban J connectivity index is 2.01. The van der Waals surface area contributed by atoms with Crippen LogP contribution >= 0.6 is 23.2 Å². The molecule has 114 valence electrons. The molecule has 22 heavy (non-hydrogen) atoms. The van der Waals surface area contributed by atoms with E-state index in [1.165, 1.54) is 11.0 Å². The minimum absolute atomic E-state index is 0.0792. The Morgan fingerprint density at radius 2 is 1.73 bits per heavy atom. The van der Waals surface area contributed by atoms with Crippen molar-refractivity contribution in [3.63, 3.8) is 0 Å². The first-order valence-electron chi connectivity index (χ1n) is 7.02. The Morgan fingerprint density at radius 3 is 2.27 bits per heavy atom. The third-order valence-electron chi connectivity index (χ3n) is 3.92. The van der Waals surface area contributed by atoms with Gasteiger partial charge < -0.3 is 5.73 Å². The molecule has 0 aromatic heterocycles. The predicted molar refractivity (Wildman–Crippen MR) is 87.5 cm³/mol. The van der Waals surface area contributed by atoms with Gasteiger partial charge in [0.15, 0.2) is 0 Å². The van der Waals surface area contributed by atoms with Gasteiger partial charge in [0.1, 0.15) is 0 Å². The third-order valence-corrected chi connectivity index (χ3v) is 4.37. The van der Waals surface area contributed by atoms with Crippen LogP contribution in [-0.4, -0.2) is 11.8 Å². The van der Waals surface area contributed by atoms with Gasteiger partial charge in [-0.15, -0.1) is 0 Å². The molecule has 0 atom stereocenters. The van der Waals surface area contributed by atoms with Gasteiger partial charge in [0.2, 0.25) is 0 Å². The van der Waals surface area contributed by atoms with Crippen molar-refractivity contribution in [1.82, 2.24) is 0 Å². The van der Waals surface area contributed by atoms with Crippen molar-refractivity contribution < 1.29 is 9.59 Å². The summed E-state index contributed by atoms with van der Waals surface area (Å²) in [4.78, 5) is 26.3. The molecule has 0 saturated heterocycles. The molecule has 0 bridgehead atoms. The number of hydrogen-bond donors (Lipinski definition) is 1. The van der Waals surface area contributed by atoms with Gasteiger partial charge in [0.25, 0.3) is 11.8 Å². The molecule has 3 rings (SSSR count). The zero-order chi connectivity index (χ0) is 15.9. The molecule has 0 fully saturated rings. The second-order valence-corrected chi connectivity index (χ2v) is 6.19. The van der Waals surface area contributed by atoms with Crippen LogP contribution in [-0.2, 0) is 9.59 Å². The van der Waals surface area contributed by atoms with Crippen molar-refractivity contribution in [2.45, 2.75) is 25.7 Å². The summed E-state index contributed by atoms with van der Waals surface area (Å²) in [5.41, 5.74) is 7.82. The summed E-state index contributed by atoms with van der Waals surface area (Å²) in [5.74, 6) is -0.452. The second kappa shape index (κ2) is 5.78. The standard InChI is InChI=1S/C16H14Cl2N2O2/c17-13-6-5-10(7-9(13)8-14(18)19)20-15(21)11-3-1-2-4-12(11)16(20)22/h5-8H,1-4,19H2/b14-8+. The molecule has 1 aromatic carbocycles. The largest absolute Gasteiger partial charge is 0.389 e. The molecule has 2 aliphatic rings. The van der Waals surface area contributed by atoms with E-state index >= 15 is 0 Å². The number of anilines is 1. The predicted octanol–water partition coefficient (Wildman–Crippen LogP) is 3.58. The number of imide groups is 1. The molecule has 1 aliphatic heterocycles. The summed E-state index contributed by atoms with van der Waals surface area (Å²) in [7, 11) is 0. The van der Waals surface area contributed by atoms with Gasteiger partial charge in [0.05, 0.1) is 10.8 Å². The maximum atomic E-state index is 12.5. The van der Waals surface area contributed by atoms with Crippen molar-refractivity contribution in [2.75, 3.05) is 4.90 Å². The van der Waals surface area contributed by atoms with Gasteiger partial charge in [0, 0.05) is 16.2 Å². The first-order chi connectivity index (χ1) is 10.5. The first kappa shape index (κ1) is 15.1. The van der Waals surface area contributed by atoms with Crippen LogP contribution in [0, 0.1) is 0 Å². The zero-order valence-corrected chi connectivity index (χ0v) is 13.2. The van der Waals surface area contributed by atoms with E-state index < -0.39 is 0 Å². The van der Waals surface area contributed by atoms with Crippen LogP contribution in [0.4, 0.5) is 5.69 Å². The molecular formula is C16H14Cl2N2O2. The van der Waals surface area contributed by atoms with Gasteiger partial charge in [-0.05, 0) is 55.5 Å². The molecule has 6 heteroatoms. The topological polar surface area (TPSA) is 63.4 Å². The van der Waals surface area contributed by atoms with Crippen LogP contribution < -0.4 is 10.6 Å². The first-order valence-corrected chi connectivity index (χ1v) is 7.77. The number of carbonyl (C=O) groups excluding carboxylic acids is 2. The maximum absolute atomic E-state index is 12.5. The zero-order valence-electron chi connectivity index (χ0n) is 11.7. The highest BCUT2D eigenvalue weighted by Crippen LogP contribution is 2.36. The lowest BCUT2D eigenvalue weighted by molar-refractivity contribution is -0.120. The fraction of sp³-hybridized carbons (Fsp3) is 0.250. The van der Waals surface area contributed by atoms with E-state index in [2.05, 4.69) is 0 Å². The summed E-state index contributed by atoms with van der Waals surface area (Å²) in [6, 6.07) is 4.92. The number of benzene rings is 1. The highest BCUT2D eigenvalue weighted by molar-refractivity contribution is 6.35. The molecule has 0 unspecified atom stereocenters. The van der Waals surface area contributed by atoms with Crippen LogP contribution in [0.5, 0.6) is 0 Å². The number of carbonyl (C=O) groups is 2. The number of nitrogens with two attached hydrogens (primary N) is 1. The van der Waals surface area contributed by atoms with E-state index in [1.54, 1.807) is 18.2 Å². The van der Waals surface area contributed by atoms with Crippen molar-refractivity contribution in [2.24, 2.45) is 5.73 Å². The Kier molecular flexibility index (Phi) is 3.98. The van der Waals surface area contributed by atoms with Crippen molar-refractivity contribution in [3.05, 3.63) is 45.1 Å². The van der Waals surface area contributed by atoms with Crippen LogP contribution in [0.25, 0.3) is 6.08 Å². The summed E-state index contributed by atoms with van der Waals surface area (Å²) in [5, 5.41) is 0.528. The molecule has 0 radical (unpaired) electrons. The molecule has 4 nitrogen and oxygen atoms in total. The highest BCUT2D eigenvalue weighted by Gasteiger charge is 2.39. The minimum atomic E-state index is -0.226. The lowest BCUT2D eigenvalue weighted by atomic mass is 9.93. The van der Waals surface area contributed by atoms with Gasteiger partial charge in [-0.1, -0.05) is 23.2 Å². The summed E-state index contributed by atoms with van der Waals surface area (Å²) >= 11 is 11.8. The Morgan fingerprint density at radius 1 is 1.14 bits per heavy atom. The van der Waals surface area contributed by atoms with Crippen LogP contribution in [0.15, 0.2) is 34.5 Å². The van der Waals surface area contributed by atoms with E-state index in [0.717, 1.165) is 12.8 Å². The molecular weight excluding hydrogens is 323 g/mol. The molecule has 1 aliphatic carbocycles.